The molecule has 0 bridgehead atoms. The molecule has 7 N–H and O–H groups in total. The number of aliphatic hydroxyl groups excluding tert-OH is 6. The Bertz CT molecular complexity index is 1330. The van der Waals surface area contributed by atoms with E-state index in [9.17, 15) is 35.4 Å². The number of rotatable bonds is 62. The van der Waals surface area contributed by atoms with E-state index in [0.717, 1.165) is 57.8 Å². The average Bonchev–Trinajstić information content (AvgIpc) is 3.46. The zero-order chi connectivity index (χ0) is 58.0. The third-order valence-corrected chi connectivity index (χ3v) is 17.2. The molecule has 1 aliphatic rings. The first-order valence-corrected chi connectivity index (χ1v) is 35.1. The molecule has 10 heteroatoms. The molecule has 8 unspecified atom stereocenters. The molecule has 0 aromatic heterocycles. The maximum absolute atomic E-state index is 13.2. The fraction of sp³-hybridized carbons (Fsp3) is 0.929. The summed E-state index contributed by atoms with van der Waals surface area (Å²) >= 11 is 0. The van der Waals surface area contributed by atoms with Gasteiger partial charge in [-0.1, -0.05) is 334 Å². The van der Waals surface area contributed by atoms with Crippen molar-refractivity contribution in [3.63, 3.8) is 0 Å². The first-order chi connectivity index (χ1) is 39.3. The minimum absolute atomic E-state index is 0.252. The second kappa shape index (κ2) is 59.4. The molecule has 0 spiro atoms. The first-order valence-electron chi connectivity index (χ1n) is 35.1. The molecule has 80 heavy (non-hydrogen) atoms. The Kier molecular flexibility index (Phi) is 56.9. The van der Waals surface area contributed by atoms with E-state index in [2.05, 4.69) is 43.5 Å². The quantitative estimate of drug-likeness (QED) is 0.0232. The highest BCUT2D eigenvalue weighted by molar-refractivity contribution is 5.80. The lowest BCUT2D eigenvalue weighted by Gasteiger charge is -2.40. The summed E-state index contributed by atoms with van der Waals surface area (Å²) in [5.41, 5.74) is 0. The Morgan fingerprint density at radius 1 is 0.425 bits per heavy atom. The van der Waals surface area contributed by atoms with Gasteiger partial charge in [-0.3, -0.25) is 4.79 Å². The Morgan fingerprint density at radius 2 is 0.738 bits per heavy atom. The van der Waals surface area contributed by atoms with Crippen LogP contribution in [-0.2, 0) is 14.3 Å². The topological polar surface area (TPSA) is 169 Å². The minimum Gasteiger partial charge on any atom is -0.394 e. The number of carbonyl (C=O) groups is 1. The number of hydrogen-bond donors (Lipinski definition) is 7. The lowest BCUT2D eigenvalue weighted by Crippen LogP contribution is -2.60. The maximum atomic E-state index is 13.2. The van der Waals surface area contributed by atoms with Crippen molar-refractivity contribution >= 4 is 5.91 Å². The highest BCUT2D eigenvalue weighted by Gasteiger charge is 2.44. The maximum Gasteiger partial charge on any atom is 0.249 e. The molecular formula is C70H135NO9. The van der Waals surface area contributed by atoms with E-state index in [-0.39, 0.29) is 6.61 Å². The third-order valence-electron chi connectivity index (χ3n) is 17.2. The summed E-state index contributed by atoms with van der Waals surface area (Å²) in [6.07, 6.45) is 67.2. The van der Waals surface area contributed by atoms with Gasteiger partial charge in [0.05, 0.1) is 25.4 Å². The van der Waals surface area contributed by atoms with E-state index >= 15 is 0 Å². The summed E-state index contributed by atoms with van der Waals surface area (Å²) in [5.74, 6) is -0.578. The molecule has 0 aromatic rings. The second-order valence-corrected chi connectivity index (χ2v) is 24.8. The van der Waals surface area contributed by atoms with Crippen LogP contribution in [0.3, 0.4) is 0 Å². The predicted molar refractivity (Wildman–Crippen MR) is 338 cm³/mol. The van der Waals surface area contributed by atoms with Crippen molar-refractivity contribution in [2.45, 2.75) is 403 Å². The van der Waals surface area contributed by atoms with Gasteiger partial charge in [0.15, 0.2) is 6.29 Å². The van der Waals surface area contributed by atoms with E-state index in [1.165, 1.54) is 270 Å². The SMILES string of the molecule is CCCCCCCCCCCCCCCCC/C=C\C/C=C\CCCCCCCCCCCCCCCCCCC(O)C(=O)NC(COC1OC(CO)C(O)C(O)C1O)C(O)CCCCCCCCCCCCCCCCCCC. The van der Waals surface area contributed by atoms with Crippen LogP contribution in [0.4, 0.5) is 0 Å². The van der Waals surface area contributed by atoms with Crippen LogP contribution in [0.5, 0.6) is 0 Å². The average molecular weight is 1130 g/mol. The van der Waals surface area contributed by atoms with E-state index in [0.29, 0.717) is 12.8 Å². The van der Waals surface area contributed by atoms with Crippen LogP contribution in [0.1, 0.15) is 354 Å². The van der Waals surface area contributed by atoms with Crippen LogP contribution < -0.4 is 5.32 Å². The summed E-state index contributed by atoms with van der Waals surface area (Å²) in [5, 5.41) is 65.4. The number of aliphatic hydroxyl groups is 6. The van der Waals surface area contributed by atoms with Gasteiger partial charge in [0, 0.05) is 0 Å². The van der Waals surface area contributed by atoms with E-state index in [1.54, 1.807) is 0 Å². The number of unbranched alkanes of at least 4 members (excludes halogenated alkanes) is 47. The monoisotopic (exact) mass is 1130 g/mol. The van der Waals surface area contributed by atoms with Crippen LogP contribution in [0.25, 0.3) is 0 Å². The normalized spacial score (nSPS) is 18.9. The zero-order valence-corrected chi connectivity index (χ0v) is 52.7. The van der Waals surface area contributed by atoms with Crippen molar-refractivity contribution < 1.29 is 44.9 Å². The van der Waals surface area contributed by atoms with Gasteiger partial charge in [-0.05, 0) is 44.9 Å². The number of allylic oxidation sites excluding steroid dienone is 4. The van der Waals surface area contributed by atoms with Gasteiger partial charge in [0.1, 0.15) is 30.5 Å². The molecule has 1 aliphatic heterocycles. The molecule has 0 saturated carbocycles. The van der Waals surface area contributed by atoms with Crippen LogP contribution >= 0.6 is 0 Å². The number of carbonyl (C=O) groups excluding carboxylic acids is 1. The molecule has 1 fully saturated rings. The van der Waals surface area contributed by atoms with E-state index < -0.39 is 61.5 Å². The van der Waals surface area contributed by atoms with E-state index in [4.69, 9.17) is 9.47 Å². The molecule has 1 heterocycles. The van der Waals surface area contributed by atoms with Crippen LogP contribution in [0.15, 0.2) is 24.3 Å². The van der Waals surface area contributed by atoms with E-state index in [1.807, 2.05) is 0 Å². The van der Waals surface area contributed by atoms with Gasteiger partial charge < -0.3 is 45.4 Å². The largest absolute Gasteiger partial charge is 0.394 e. The van der Waals surface area contributed by atoms with Crippen LogP contribution in [-0.4, -0.2) is 98.7 Å². The zero-order valence-electron chi connectivity index (χ0n) is 52.7. The third kappa shape index (κ3) is 46.9. The second-order valence-electron chi connectivity index (χ2n) is 24.8. The van der Waals surface area contributed by atoms with Gasteiger partial charge in [0.25, 0.3) is 0 Å². The highest BCUT2D eigenvalue weighted by Crippen LogP contribution is 2.24. The van der Waals surface area contributed by atoms with Crippen LogP contribution in [0, 0.1) is 0 Å². The molecule has 0 aromatic carbocycles. The van der Waals surface area contributed by atoms with Crippen molar-refractivity contribution in [3.8, 4) is 0 Å². The van der Waals surface area contributed by atoms with Gasteiger partial charge in [-0.15, -0.1) is 0 Å². The Hall–Kier alpha value is -1.37. The lowest BCUT2D eigenvalue weighted by molar-refractivity contribution is -0.302. The number of ether oxygens (including phenoxy) is 2. The van der Waals surface area contributed by atoms with Crippen molar-refractivity contribution in [1.29, 1.82) is 0 Å². The first kappa shape index (κ1) is 76.6. The molecule has 1 saturated heterocycles. The summed E-state index contributed by atoms with van der Waals surface area (Å²) in [7, 11) is 0. The molecule has 8 atom stereocenters. The Morgan fingerprint density at radius 3 is 1.07 bits per heavy atom. The smallest absolute Gasteiger partial charge is 0.249 e. The lowest BCUT2D eigenvalue weighted by atomic mass is 9.99. The summed E-state index contributed by atoms with van der Waals surface area (Å²) < 4.78 is 11.3. The van der Waals surface area contributed by atoms with Gasteiger partial charge in [0.2, 0.25) is 5.91 Å². The van der Waals surface area contributed by atoms with Crippen molar-refractivity contribution in [2.75, 3.05) is 13.2 Å². The fourth-order valence-corrected chi connectivity index (χ4v) is 11.6. The molecule has 1 rings (SSSR count). The number of amides is 1. The molecule has 10 nitrogen and oxygen atoms in total. The van der Waals surface area contributed by atoms with Crippen molar-refractivity contribution in [1.82, 2.24) is 5.32 Å². The van der Waals surface area contributed by atoms with Crippen molar-refractivity contribution in [2.24, 2.45) is 0 Å². The Labute approximate surface area is 494 Å². The predicted octanol–water partition coefficient (Wildman–Crippen LogP) is 17.8. The minimum atomic E-state index is -1.60. The summed E-state index contributed by atoms with van der Waals surface area (Å²) in [6, 6.07) is -0.894. The molecular weight excluding hydrogens is 999 g/mol. The van der Waals surface area contributed by atoms with Gasteiger partial charge in [-0.25, -0.2) is 0 Å². The van der Waals surface area contributed by atoms with Crippen LogP contribution in [0.2, 0.25) is 0 Å². The molecule has 474 valence electrons. The Balaban J connectivity index is 2.08. The van der Waals surface area contributed by atoms with Crippen molar-refractivity contribution in [3.05, 3.63) is 24.3 Å². The molecule has 0 aliphatic carbocycles. The summed E-state index contributed by atoms with van der Waals surface area (Å²) in [4.78, 5) is 13.2. The highest BCUT2D eigenvalue weighted by atomic mass is 16.7. The number of hydrogen-bond acceptors (Lipinski definition) is 9. The summed E-state index contributed by atoms with van der Waals surface area (Å²) in [6.45, 7) is 3.73. The number of nitrogens with one attached hydrogen (secondary N) is 1. The van der Waals surface area contributed by atoms with Gasteiger partial charge in [-0.2, -0.15) is 0 Å². The van der Waals surface area contributed by atoms with Gasteiger partial charge >= 0.3 is 0 Å². The molecule has 0 radical (unpaired) electrons. The molecule has 1 amide bonds. The standard InChI is InChI=1S/C70H135NO9/c1-3-5-7-9-11-13-15-17-19-21-22-23-24-25-26-27-28-29-30-31-32-33-34-35-36-37-38-39-40-41-43-45-47-49-51-53-55-57-59-64(74)69(78)71-62(61-79-70-68(77)67(76)66(75)65(60-72)80-70)63(73)58-56-54-52-50-48-46-44-42-20-18-16-14-12-10-8-6-4-2/h28-29,31-32,62-68,70,72-77H,3-27,30,33-61H2,1-2H3,(H,71,78)/b29-28-,32-31-. The fourth-order valence-electron chi connectivity index (χ4n) is 11.6.